The number of hydrogen-bond acceptors (Lipinski definition) is 3. The van der Waals surface area contributed by atoms with E-state index in [0.717, 1.165) is 12.1 Å². The largest absolute Gasteiger partial charge is 0.384 e. The molecule has 0 amide bonds. The topological polar surface area (TPSA) is 51.8 Å². The summed E-state index contributed by atoms with van der Waals surface area (Å²) in [5, 5.41) is 0. The van der Waals surface area contributed by atoms with Gasteiger partial charge >= 0.3 is 0 Å². The van der Waals surface area contributed by atoms with Gasteiger partial charge in [0, 0.05) is 18.1 Å². The van der Waals surface area contributed by atoms with Crippen LogP contribution in [-0.4, -0.2) is 9.97 Å². The third-order valence-electron chi connectivity index (χ3n) is 2.36. The van der Waals surface area contributed by atoms with E-state index >= 15 is 0 Å². The van der Waals surface area contributed by atoms with Crippen LogP contribution in [0.4, 0.5) is 5.82 Å². The van der Waals surface area contributed by atoms with Crippen molar-refractivity contribution in [3.63, 3.8) is 0 Å². The van der Waals surface area contributed by atoms with Gasteiger partial charge in [-0.2, -0.15) is 0 Å². The second-order valence-corrected chi connectivity index (χ2v) is 3.51. The van der Waals surface area contributed by atoms with Crippen LogP contribution in [-0.2, 0) is 6.42 Å². The van der Waals surface area contributed by atoms with Crippen molar-refractivity contribution in [2.45, 2.75) is 13.3 Å². The molecule has 0 bridgehead atoms. The molecule has 2 N–H and O–H groups in total. The molecule has 0 aromatic carbocycles. The van der Waals surface area contributed by atoms with E-state index in [9.17, 15) is 0 Å². The number of anilines is 1. The first-order valence-corrected chi connectivity index (χ1v) is 4.86. The van der Waals surface area contributed by atoms with Gasteiger partial charge in [-0.15, -0.1) is 0 Å². The van der Waals surface area contributed by atoms with Crippen LogP contribution >= 0.6 is 0 Å². The lowest BCUT2D eigenvalue weighted by atomic mass is 10.1. The van der Waals surface area contributed by atoms with Crippen LogP contribution in [0.1, 0.15) is 16.8 Å². The maximum atomic E-state index is 5.60. The minimum Gasteiger partial charge on any atom is -0.384 e. The fraction of sp³-hybridized carbons (Fsp3) is 0.167. The first kappa shape index (κ1) is 9.65. The normalized spacial score (nSPS) is 10.2. The Bertz CT molecular complexity index is 452. The standard InChI is InChI=1S/C12H13N3/c1-9-11(2-3-12(13)15-9)8-10-4-6-14-7-5-10/h2-7H,8H2,1H3,(H2,13,15). The monoisotopic (exact) mass is 199 g/mol. The SMILES string of the molecule is Cc1nc(N)ccc1Cc1ccncc1. The first-order chi connectivity index (χ1) is 7.25. The van der Waals surface area contributed by atoms with Gasteiger partial charge < -0.3 is 5.73 Å². The highest BCUT2D eigenvalue weighted by molar-refractivity contribution is 5.36. The fourth-order valence-electron chi connectivity index (χ4n) is 1.52. The molecule has 2 aromatic rings. The maximum Gasteiger partial charge on any atom is 0.123 e. The highest BCUT2D eigenvalue weighted by Crippen LogP contribution is 2.12. The Hall–Kier alpha value is -1.90. The number of aryl methyl sites for hydroxylation is 1. The van der Waals surface area contributed by atoms with E-state index in [1.165, 1.54) is 11.1 Å². The van der Waals surface area contributed by atoms with Crippen molar-refractivity contribution in [3.8, 4) is 0 Å². The van der Waals surface area contributed by atoms with Gasteiger partial charge in [-0.25, -0.2) is 4.98 Å². The van der Waals surface area contributed by atoms with E-state index in [2.05, 4.69) is 9.97 Å². The molecule has 0 saturated carbocycles. The molecule has 0 unspecified atom stereocenters. The lowest BCUT2D eigenvalue weighted by Gasteiger charge is -2.05. The van der Waals surface area contributed by atoms with E-state index in [4.69, 9.17) is 5.73 Å². The van der Waals surface area contributed by atoms with Crippen molar-refractivity contribution < 1.29 is 0 Å². The van der Waals surface area contributed by atoms with Gasteiger partial charge in [0.1, 0.15) is 5.82 Å². The summed E-state index contributed by atoms with van der Waals surface area (Å²) >= 11 is 0. The predicted octanol–water partition coefficient (Wildman–Crippen LogP) is 1.96. The Morgan fingerprint density at radius 1 is 1.13 bits per heavy atom. The molecule has 3 nitrogen and oxygen atoms in total. The summed E-state index contributed by atoms with van der Waals surface area (Å²) in [7, 11) is 0. The van der Waals surface area contributed by atoms with E-state index in [-0.39, 0.29) is 0 Å². The zero-order valence-electron chi connectivity index (χ0n) is 8.64. The summed E-state index contributed by atoms with van der Waals surface area (Å²) in [4.78, 5) is 8.22. The average Bonchev–Trinajstić information content (AvgIpc) is 2.24. The third kappa shape index (κ3) is 2.31. The number of pyridine rings is 2. The molecular formula is C12H13N3. The summed E-state index contributed by atoms with van der Waals surface area (Å²) in [5.41, 5.74) is 9.03. The van der Waals surface area contributed by atoms with Gasteiger partial charge in [0.05, 0.1) is 0 Å². The molecule has 0 atom stereocenters. The quantitative estimate of drug-likeness (QED) is 0.804. The second kappa shape index (κ2) is 4.09. The van der Waals surface area contributed by atoms with Gasteiger partial charge in [0.2, 0.25) is 0 Å². The van der Waals surface area contributed by atoms with E-state index in [1.807, 2.05) is 31.2 Å². The van der Waals surface area contributed by atoms with Gasteiger partial charge in [-0.3, -0.25) is 4.98 Å². The van der Waals surface area contributed by atoms with E-state index < -0.39 is 0 Å². The third-order valence-corrected chi connectivity index (χ3v) is 2.36. The second-order valence-electron chi connectivity index (χ2n) is 3.51. The molecule has 0 radical (unpaired) electrons. The lowest BCUT2D eigenvalue weighted by Crippen LogP contribution is -1.98. The molecule has 2 rings (SSSR count). The Morgan fingerprint density at radius 3 is 2.53 bits per heavy atom. The molecule has 0 spiro atoms. The van der Waals surface area contributed by atoms with Crippen molar-refractivity contribution in [1.82, 2.24) is 9.97 Å². The number of nitrogens with zero attached hydrogens (tertiary/aromatic N) is 2. The Morgan fingerprint density at radius 2 is 1.87 bits per heavy atom. The van der Waals surface area contributed by atoms with Crippen LogP contribution in [0, 0.1) is 6.92 Å². The highest BCUT2D eigenvalue weighted by Gasteiger charge is 2.01. The number of hydrogen-bond donors (Lipinski definition) is 1. The van der Waals surface area contributed by atoms with E-state index in [0.29, 0.717) is 5.82 Å². The van der Waals surface area contributed by atoms with E-state index in [1.54, 1.807) is 12.4 Å². The molecule has 0 aliphatic rings. The first-order valence-electron chi connectivity index (χ1n) is 4.86. The highest BCUT2D eigenvalue weighted by atomic mass is 14.8. The number of rotatable bonds is 2. The fourth-order valence-corrected chi connectivity index (χ4v) is 1.52. The maximum absolute atomic E-state index is 5.60. The molecule has 15 heavy (non-hydrogen) atoms. The van der Waals surface area contributed by atoms with Gasteiger partial charge in [-0.05, 0) is 42.7 Å². The smallest absolute Gasteiger partial charge is 0.123 e. The average molecular weight is 199 g/mol. The number of nitrogen functional groups attached to an aromatic ring is 1. The van der Waals surface area contributed by atoms with Crippen LogP contribution in [0.25, 0.3) is 0 Å². The zero-order chi connectivity index (χ0) is 10.7. The summed E-state index contributed by atoms with van der Waals surface area (Å²) in [6, 6.07) is 7.88. The molecule has 76 valence electrons. The van der Waals surface area contributed by atoms with Crippen LogP contribution in [0.5, 0.6) is 0 Å². The van der Waals surface area contributed by atoms with Gasteiger partial charge in [0.15, 0.2) is 0 Å². The van der Waals surface area contributed by atoms with Crippen molar-refractivity contribution in [1.29, 1.82) is 0 Å². The summed E-state index contributed by atoms with van der Waals surface area (Å²) in [6.45, 7) is 1.98. The van der Waals surface area contributed by atoms with Crippen molar-refractivity contribution in [2.75, 3.05) is 5.73 Å². The van der Waals surface area contributed by atoms with Crippen molar-refractivity contribution in [3.05, 3.63) is 53.5 Å². The summed E-state index contributed by atoms with van der Waals surface area (Å²) < 4.78 is 0. The van der Waals surface area contributed by atoms with Crippen LogP contribution in [0.2, 0.25) is 0 Å². The Kier molecular flexibility index (Phi) is 2.63. The molecule has 2 heterocycles. The summed E-state index contributed by atoms with van der Waals surface area (Å²) in [6.07, 6.45) is 4.48. The van der Waals surface area contributed by atoms with Crippen LogP contribution < -0.4 is 5.73 Å². The van der Waals surface area contributed by atoms with Crippen molar-refractivity contribution >= 4 is 5.82 Å². The summed E-state index contributed by atoms with van der Waals surface area (Å²) in [5.74, 6) is 0.575. The number of nitrogens with two attached hydrogens (primary N) is 1. The number of aromatic nitrogens is 2. The Balaban J connectivity index is 2.25. The van der Waals surface area contributed by atoms with Crippen LogP contribution in [0.15, 0.2) is 36.7 Å². The minimum atomic E-state index is 0.575. The molecule has 0 saturated heterocycles. The molecule has 0 fully saturated rings. The van der Waals surface area contributed by atoms with Gasteiger partial charge in [-0.1, -0.05) is 6.07 Å². The minimum absolute atomic E-state index is 0.575. The lowest BCUT2D eigenvalue weighted by molar-refractivity contribution is 1.08. The predicted molar refractivity (Wildman–Crippen MR) is 60.4 cm³/mol. The molecule has 0 aliphatic carbocycles. The zero-order valence-corrected chi connectivity index (χ0v) is 8.64. The molecular weight excluding hydrogens is 186 g/mol. The van der Waals surface area contributed by atoms with Gasteiger partial charge in [0.25, 0.3) is 0 Å². The van der Waals surface area contributed by atoms with Crippen molar-refractivity contribution in [2.24, 2.45) is 0 Å². The molecule has 2 aromatic heterocycles. The Labute approximate surface area is 89.0 Å². The van der Waals surface area contributed by atoms with Crippen LogP contribution in [0.3, 0.4) is 0 Å². The molecule has 0 aliphatic heterocycles. The molecule has 3 heteroatoms.